The van der Waals surface area contributed by atoms with Crippen LogP contribution in [0.3, 0.4) is 0 Å². The van der Waals surface area contributed by atoms with Crippen LogP contribution >= 0.6 is 58.0 Å². The fourth-order valence-corrected chi connectivity index (χ4v) is 4.14. The third kappa shape index (κ3) is 2.65. The Bertz CT molecular complexity index is 536. The molecule has 0 aliphatic carbocycles. The van der Waals surface area contributed by atoms with Crippen LogP contribution in [0.25, 0.3) is 0 Å². The van der Waals surface area contributed by atoms with Crippen LogP contribution in [0.2, 0.25) is 25.1 Å². The standard InChI is InChI=1S/C9H7Cl5O2S/c1-3(2)17(15,16)9-7(13)5(11)4(10)6(12)8(9)14/h3H,1-2H3. The molecule has 0 unspecified atom stereocenters. The summed E-state index contributed by atoms with van der Waals surface area (Å²) in [5.74, 6) is 0. The zero-order chi connectivity index (χ0) is 13.5. The van der Waals surface area contributed by atoms with E-state index in [4.69, 9.17) is 58.0 Å². The first-order valence-electron chi connectivity index (χ1n) is 4.37. The van der Waals surface area contributed by atoms with Gasteiger partial charge in [0, 0.05) is 0 Å². The molecule has 0 heterocycles. The quantitative estimate of drug-likeness (QED) is 0.543. The minimum absolute atomic E-state index is 0.0639. The van der Waals surface area contributed by atoms with E-state index >= 15 is 0 Å². The molecule has 0 radical (unpaired) electrons. The van der Waals surface area contributed by atoms with Gasteiger partial charge in [-0.25, -0.2) is 8.42 Å². The number of rotatable bonds is 2. The van der Waals surface area contributed by atoms with Crippen molar-refractivity contribution in [2.45, 2.75) is 24.0 Å². The zero-order valence-electron chi connectivity index (χ0n) is 8.69. The van der Waals surface area contributed by atoms with Gasteiger partial charge in [-0.1, -0.05) is 58.0 Å². The van der Waals surface area contributed by atoms with Crippen LogP contribution in [-0.4, -0.2) is 13.7 Å². The number of sulfone groups is 1. The van der Waals surface area contributed by atoms with Gasteiger partial charge >= 0.3 is 0 Å². The van der Waals surface area contributed by atoms with Crippen molar-refractivity contribution in [3.05, 3.63) is 25.1 Å². The molecule has 0 aromatic heterocycles. The number of benzene rings is 1. The molecule has 1 aromatic carbocycles. The highest BCUT2D eigenvalue weighted by molar-refractivity contribution is 7.92. The highest BCUT2D eigenvalue weighted by Gasteiger charge is 2.30. The Morgan fingerprint density at radius 1 is 0.765 bits per heavy atom. The van der Waals surface area contributed by atoms with E-state index in [2.05, 4.69) is 0 Å². The Balaban J connectivity index is 3.80. The summed E-state index contributed by atoms with van der Waals surface area (Å²) in [5.41, 5.74) is 0. The van der Waals surface area contributed by atoms with Crippen LogP contribution in [0.5, 0.6) is 0 Å². The monoisotopic (exact) mass is 354 g/mol. The molecule has 0 aliphatic rings. The molecule has 0 aliphatic heterocycles. The Morgan fingerprint density at radius 3 is 1.35 bits per heavy atom. The van der Waals surface area contributed by atoms with Gasteiger partial charge in [-0.3, -0.25) is 0 Å². The summed E-state index contributed by atoms with van der Waals surface area (Å²) in [5, 5.41) is -1.43. The predicted octanol–water partition coefficient (Wildman–Crippen LogP) is 5.14. The Labute approximate surface area is 125 Å². The average Bonchev–Trinajstić information content (AvgIpc) is 2.23. The highest BCUT2D eigenvalue weighted by atomic mass is 35.5. The second-order valence-electron chi connectivity index (χ2n) is 3.49. The van der Waals surface area contributed by atoms with Crippen LogP contribution in [0.1, 0.15) is 13.8 Å². The van der Waals surface area contributed by atoms with Crippen molar-refractivity contribution in [1.82, 2.24) is 0 Å². The van der Waals surface area contributed by atoms with E-state index in [1.807, 2.05) is 0 Å². The lowest BCUT2D eigenvalue weighted by atomic mass is 10.3. The molecule has 1 rings (SSSR count). The fourth-order valence-electron chi connectivity index (χ4n) is 1.07. The van der Waals surface area contributed by atoms with Crippen molar-refractivity contribution in [1.29, 1.82) is 0 Å². The van der Waals surface area contributed by atoms with Gasteiger partial charge in [0.25, 0.3) is 0 Å². The normalized spacial score (nSPS) is 12.2. The van der Waals surface area contributed by atoms with Crippen molar-refractivity contribution >= 4 is 67.8 Å². The Hall–Kier alpha value is 0.620. The lowest BCUT2D eigenvalue weighted by molar-refractivity contribution is 0.587. The van der Waals surface area contributed by atoms with Crippen molar-refractivity contribution < 1.29 is 8.42 Å². The maximum absolute atomic E-state index is 12.1. The first-order valence-corrected chi connectivity index (χ1v) is 7.81. The first kappa shape index (κ1) is 15.7. The maximum Gasteiger partial charge on any atom is 0.183 e. The molecule has 17 heavy (non-hydrogen) atoms. The predicted molar refractivity (Wildman–Crippen MR) is 73.8 cm³/mol. The smallest absolute Gasteiger partial charge is 0.183 e. The Morgan fingerprint density at radius 2 is 1.06 bits per heavy atom. The number of halogens is 5. The van der Waals surface area contributed by atoms with Crippen LogP contribution in [0, 0.1) is 0 Å². The molecule has 0 spiro atoms. The number of hydrogen-bond donors (Lipinski definition) is 0. The third-order valence-corrected chi connectivity index (χ3v) is 6.79. The van der Waals surface area contributed by atoms with Crippen LogP contribution in [0.15, 0.2) is 4.90 Å². The van der Waals surface area contributed by atoms with Crippen molar-refractivity contribution in [3.63, 3.8) is 0 Å². The van der Waals surface area contributed by atoms with Crippen molar-refractivity contribution in [2.24, 2.45) is 0 Å². The van der Waals surface area contributed by atoms with Gasteiger partial charge in [-0.15, -0.1) is 0 Å². The summed E-state index contributed by atoms with van der Waals surface area (Å²) < 4.78 is 24.1. The third-order valence-electron chi connectivity index (χ3n) is 2.07. The molecule has 0 saturated carbocycles. The van der Waals surface area contributed by atoms with Gasteiger partial charge in [0.2, 0.25) is 0 Å². The minimum Gasteiger partial charge on any atom is -0.223 e. The molecule has 0 saturated heterocycles. The molecule has 0 amide bonds. The van der Waals surface area contributed by atoms with Gasteiger partial charge in [0.15, 0.2) is 9.84 Å². The van der Waals surface area contributed by atoms with E-state index in [1.165, 1.54) is 13.8 Å². The summed E-state index contributed by atoms with van der Waals surface area (Å²) in [7, 11) is -3.69. The molecule has 8 heteroatoms. The van der Waals surface area contributed by atoms with Gasteiger partial charge in [0.1, 0.15) is 4.90 Å². The lowest BCUT2D eigenvalue weighted by Crippen LogP contribution is -2.15. The minimum atomic E-state index is -3.69. The summed E-state index contributed by atoms with van der Waals surface area (Å²) in [4.78, 5) is -0.282. The summed E-state index contributed by atoms with van der Waals surface area (Å²) in [6.45, 7) is 3.00. The molecule has 0 N–H and O–H groups in total. The molecule has 96 valence electrons. The van der Waals surface area contributed by atoms with E-state index in [9.17, 15) is 8.42 Å². The molecule has 0 bridgehead atoms. The number of hydrogen-bond acceptors (Lipinski definition) is 2. The molecule has 1 aromatic rings. The van der Waals surface area contributed by atoms with Gasteiger partial charge in [0.05, 0.1) is 30.4 Å². The molecular formula is C9H7Cl5O2S. The van der Waals surface area contributed by atoms with E-state index in [0.717, 1.165) is 0 Å². The molecule has 0 atom stereocenters. The van der Waals surface area contributed by atoms with Gasteiger partial charge in [-0.2, -0.15) is 0 Å². The topological polar surface area (TPSA) is 34.1 Å². The van der Waals surface area contributed by atoms with E-state index in [1.54, 1.807) is 0 Å². The van der Waals surface area contributed by atoms with Gasteiger partial charge < -0.3 is 0 Å². The van der Waals surface area contributed by atoms with Crippen LogP contribution < -0.4 is 0 Å². The summed E-state index contributed by atoms with van der Waals surface area (Å²) >= 11 is 29.1. The SMILES string of the molecule is CC(C)S(=O)(=O)c1c(Cl)c(Cl)c(Cl)c(Cl)c1Cl. The van der Waals surface area contributed by atoms with Crippen molar-refractivity contribution in [3.8, 4) is 0 Å². The fraction of sp³-hybridized carbons (Fsp3) is 0.333. The van der Waals surface area contributed by atoms with Gasteiger partial charge in [-0.05, 0) is 13.8 Å². The lowest BCUT2D eigenvalue weighted by Gasteiger charge is -2.14. The van der Waals surface area contributed by atoms with E-state index in [0.29, 0.717) is 0 Å². The molecular weight excluding hydrogens is 349 g/mol. The zero-order valence-corrected chi connectivity index (χ0v) is 13.3. The van der Waals surface area contributed by atoms with Crippen LogP contribution in [-0.2, 0) is 9.84 Å². The van der Waals surface area contributed by atoms with Crippen LogP contribution in [0.4, 0.5) is 0 Å². The maximum atomic E-state index is 12.1. The molecule has 0 fully saturated rings. The van der Waals surface area contributed by atoms with E-state index in [-0.39, 0.29) is 30.0 Å². The Kier molecular flexibility index (Phi) is 4.90. The second-order valence-corrected chi connectivity index (χ2v) is 7.82. The van der Waals surface area contributed by atoms with E-state index < -0.39 is 15.1 Å². The van der Waals surface area contributed by atoms with Crippen molar-refractivity contribution in [2.75, 3.05) is 0 Å². The summed E-state index contributed by atoms with van der Waals surface area (Å²) in [6, 6.07) is 0. The molecule has 2 nitrogen and oxygen atoms in total. The largest absolute Gasteiger partial charge is 0.223 e. The highest BCUT2D eigenvalue weighted by Crippen LogP contribution is 2.46. The average molecular weight is 356 g/mol. The summed E-state index contributed by atoms with van der Waals surface area (Å²) in [6.07, 6.45) is 0. The first-order chi connectivity index (χ1) is 7.62. The second kappa shape index (κ2) is 5.32.